The fraction of sp³-hybridized carbons (Fsp3) is 0.750. The van der Waals surface area contributed by atoms with Crippen molar-refractivity contribution < 1.29 is 18.8 Å². The quantitative estimate of drug-likeness (QED) is 0.829. The molecule has 6 heteroatoms. The zero-order chi connectivity index (χ0) is 14.9. The van der Waals surface area contributed by atoms with E-state index in [2.05, 4.69) is 5.16 Å². The van der Waals surface area contributed by atoms with Crippen LogP contribution in [0, 0.1) is 11.8 Å². The highest BCUT2D eigenvalue weighted by molar-refractivity contribution is 5.91. The lowest BCUT2D eigenvalue weighted by atomic mass is 10.1. The molecule has 0 spiro atoms. The maximum Gasteiger partial charge on any atom is 0.292 e. The van der Waals surface area contributed by atoms with Gasteiger partial charge in [-0.1, -0.05) is 5.16 Å². The molecule has 1 amide bonds. The Morgan fingerprint density at radius 3 is 2.95 bits per heavy atom. The number of hydrogen-bond acceptors (Lipinski definition) is 5. The van der Waals surface area contributed by atoms with Crippen molar-refractivity contribution in [3.8, 4) is 0 Å². The number of aromatic nitrogens is 1. The van der Waals surface area contributed by atoms with Gasteiger partial charge in [0.15, 0.2) is 0 Å². The Hall–Kier alpha value is -1.40. The minimum Gasteiger partial charge on any atom is -0.381 e. The standard InChI is InChI=1S/C16H22N2O4/c19-16(14-3-4-17-22-14)18-5-6-21-15-8-12(7-13(15)18)10-20-9-11-1-2-11/h3-4,11-13,15H,1-2,5-10H2/t12-,13+,15+/m0/s1. The van der Waals surface area contributed by atoms with E-state index in [4.69, 9.17) is 14.0 Å². The minimum atomic E-state index is -0.0738. The molecule has 120 valence electrons. The monoisotopic (exact) mass is 306 g/mol. The first-order valence-electron chi connectivity index (χ1n) is 8.22. The van der Waals surface area contributed by atoms with Gasteiger partial charge in [0.05, 0.1) is 24.9 Å². The summed E-state index contributed by atoms with van der Waals surface area (Å²) >= 11 is 0. The van der Waals surface area contributed by atoms with Crippen LogP contribution in [0.15, 0.2) is 16.8 Å². The van der Waals surface area contributed by atoms with E-state index in [1.807, 2.05) is 4.90 Å². The summed E-state index contributed by atoms with van der Waals surface area (Å²) in [5.41, 5.74) is 0. The number of carbonyl (C=O) groups is 1. The van der Waals surface area contributed by atoms with Crippen molar-refractivity contribution in [1.82, 2.24) is 10.1 Å². The second-order valence-electron chi connectivity index (χ2n) is 6.67. The Morgan fingerprint density at radius 1 is 1.32 bits per heavy atom. The Balaban J connectivity index is 1.36. The van der Waals surface area contributed by atoms with Gasteiger partial charge in [-0.05, 0) is 37.5 Å². The predicted octanol–water partition coefficient (Wildman–Crippen LogP) is 1.72. The normalized spacial score (nSPS) is 31.3. The van der Waals surface area contributed by atoms with Crippen molar-refractivity contribution in [2.45, 2.75) is 37.8 Å². The fourth-order valence-corrected chi connectivity index (χ4v) is 3.59. The summed E-state index contributed by atoms with van der Waals surface area (Å²) in [5.74, 6) is 1.52. The van der Waals surface area contributed by atoms with Crippen LogP contribution < -0.4 is 0 Å². The van der Waals surface area contributed by atoms with Crippen LogP contribution in [-0.4, -0.2) is 54.5 Å². The van der Waals surface area contributed by atoms with Crippen LogP contribution in [0.2, 0.25) is 0 Å². The number of morpholine rings is 1. The van der Waals surface area contributed by atoms with Gasteiger partial charge in [0.25, 0.3) is 5.91 Å². The van der Waals surface area contributed by atoms with E-state index in [9.17, 15) is 4.79 Å². The van der Waals surface area contributed by atoms with Crippen LogP contribution in [-0.2, 0) is 9.47 Å². The van der Waals surface area contributed by atoms with E-state index in [1.165, 1.54) is 19.0 Å². The van der Waals surface area contributed by atoms with Crippen LogP contribution in [0.4, 0.5) is 0 Å². The maximum absolute atomic E-state index is 12.5. The summed E-state index contributed by atoms with van der Waals surface area (Å²) in [6.45, 7) is 2.90. The molecule has 0 aromatic carbocycles. The average molecular weight is 306 g/mol. The molecule has 2 saturated carbocycles. The number of hydrogen-bond donors (Lipinski definition) is 0. The number of fused-ring (bicyclic) bond motifs is 1. The molecule has 0 bridgehead atoms. The molecule has 2 aliphatic carbocycles. The van der Waals surface area contributed by atoms with Crippen LogP contribution in [0.5, 0.6) is 0 Å². The van der Waals surface area contributed by atoms with E-state index in [0.717, 1.165) is 32.0 Å². The van der Waals surface area contributed by atoms with Crippen molar-refractivity contribution in [2.24, 2.45) is 11.8 Å². The molecule has 1 aromatic rings. The molecule has 3 atom stereocenters. The van der Waals surface area contributed by atoms with Crippen LogP contribution in [0.3, 0.4) is 0 Å². The van der Waals surface area contributed by atoms with Crippen molar-refractivity contribution in [1.29, 1.82) is 0 Å². The molecular weight excluding hydrogens is 284 g/mol. The molecule has 22 heavy (non-hydrogen) atoms. The molecule has 0 unspecified atom stereocenters. The van der Waals surface area contributed by atoms with Gasteiger partial charge >= 0.3 is 0 Å². The topological polar surface area (TPSA) is 64.8 Å². The molecular formula is C16H22N2O4. The zero-order valence-electron chi connectivity index (χ0n) is 12.6. The molecule has 1 aromatic heterocycles. The highest BCUT2D eigenvalue weighted by Crippen LogP contribution is 2.36. The molecule has 0 radical (unpaired) electrons. The predicted molar refractivity (Wildman–Crippen MR) is 77.3 cm³/mol. The Kier molecular flexibility index (Phi) is 3.88. The van der Waals surface area contributed by atoms with Gasteiger partial charge in [0.1, 0.15) is 0 Å². The van der Waals surface area contributed by atoms with E-state index >= 15 is 0 Å². The highest BCUT2D eigenvalue weighted by atomic mass is 16.5. The molecule has 1 saturated heterocycles. The zero-order valence-corrected chi connectivity index (χ0v) is 12.6. The summed E-state index contributed by atoms with van der Waals surface area (Å²) in [4.78, 5) is 14.4. The molecule has 0 N–H and O–H groups in total. The Morgan fingerprint density at radius 2 is 2.18 bits per heavy atom. The first kappa shape index (κ1) is 14.2. The van der Waals surface area contributed by atoms with Gasteiger partial charge < -0.3 is 18.9 Å². The molecule has 2 heterocycles. The average Bonchev–Trinajstić information content (AvgIpc) is 3.04. The van der Waals surface area contributed by atoms with Gasteiger partial charge in [0, 0.05) is 25.8 Å². The molecule has 1 aliphatic heterocycles. The number of nitrogens with zero attached hydrogens (tertiary/aromatic N) is 2. The SMILES string of the molecule is O=C(c1ccno1)N1CCO[C@@H]2C[C@@H](COCC3CC3)C[C@H]21. The van der Waals surface area contributed by atoms with Gasteiger partial charge in [-0.15, -0.1) is 0 Å². The lowest BCUT2D eigenvalue weighted by molar-refractivity contribution is -0.0460. The van der Waals surface area contributed by atoms with E-state index < -0.39 is 0 Å². The second-order valence-corrected chi connectivity index (χ2v) is 6.67. The first-order valence-corrected chi connectivity index (χ1v) is 8.22. The van der Waals surface area contributed by atoms with E-state index in [1.54, 1.807) is 6.07 Å². The van der Waals surface area contributed by atoms with Crippen molar-refractivity contribution in [3.05, 3.63) is 18.0 Å². The van der Waals surface area contributed by atoms with E-state index in [0.29, 0.717) is 24.8 Å². The van der Waals surface area contributed by atoms with Gasteiger partial charge in [0.2, 0.25) is 5.76 Å². The number of amides is 1. The summed E-state index contributed by atoms with van der Waals surface area (Å²) in [6.07, 6.45) is 6.21. The summed E-state index contributed by atoms with van der Waals surface area (Å²) in [5, 5.41) is 3.63. The summed E-state index contributed by atoms with van der Waals surface area (Å²) in [6, 6.07) is 1.76. The van der Waals surface area contributed by atoms with Crippen molar-refractivity contribution in [3.63, 3.8) is 0 Å². The van der Waals surface area contributed by atoms with Crippen molar-refractivity contribution >= 4 is 5.91 Å². The maximum atomic E-state index is 12.5. The molecule has 4 rings (SSSR count). The summed E-state index contributed by atoms with van der Waals surface area (Å²) in [7, 11) is 0. The van der Waals surface area contributed by atoms with Gasteiger partial charge in [-0.3, -0.25) is 4.79 Å². The second kappa shape index (κ2) is 6.01. The van der Waals surface area contributed by atoms with Crippen LogP contribution >= 0.6 is 0 Å². The summed E-state index contributed by atoms with van der Waals surface area (Å²) < 4.78 is 16.7. The minimum absolute atomic E-state index is 0.0738. The Labute approximate surface area is 129 Å². The third kappa shape index (κ3) is 2.90. The third-order valence-electron chi connectivity index (χ3n) is 4.95. The smallest absolute Gasteiger partial charge is 0.292 e. The Bertz CT molecular complexity index is 514. The van der Waals surface area contributed by atoms with Gasteiger partial charge in [-0.2, -0.15) is 0 Å². The number of ether oxygens (including phenoxy) is 2. The lowest BCUT2D eigenvalue weighted by Crippen LogP contribution is -2.51. The molecule has 3 aliphatic rings. The van der Waals surface area contributed by atoms with Gasteiger partial charge in [-0.25, -0.2) is 0 Å². The molecule has 6 nitrogen and oxygen atoms in total. The number of rotatable bonds is 5. The van der Waals surface area contributed by atoms with Crippen LogP contribution in [0.1, 0.15) is 36.2 Å². The number of carbonyl (C=O) groups excluding carboxylic acids is 1. The largest absolute Gasteiger partial charge is 0.381 e. The third-order valence-corrected chi connectivity index (χ3v) is 4.95. The highest BCUT2D eigenvalue weighted by Gasteiger charge is 2.43. The van der Waals surface area contributed by atoms with Crippen LogP contribution in [0.25, 0.3) is 0 Å². The first-order chi connectivity index (χ1) is 10.8. The molecule has 3 fully saturated rings. The van der Waals surface area contributed by atoms with E-state index in [-0.39, 0.29) is 18.1 Å². The van der Waals surface area contributed by atoms with Crippen molar-refractivity contribution in [2.75, 3.05) is 26.4 Å². The fourth-order valence-electron chi connectivity index (χ4n) is 3.59. The lowest BCUT2D eigenvalue weighted by Gasteiger charge is -2.37.